The van der Waals surface area contributed by atoms with Gasteiger partial charge in [-0.3, -0.25) is 0 Å². The van der Waals surface area contributed by atoms with Crippen molar-refractivity contribution in [1.82, 2.24) is 0 Å². The second-order valence-electron chi connectivity index (χ2n) is 2.58. The Morgan fingerprint density at radius 3 is 2.64 bits per heavy atom. The lowest BCUT2D eigenvalue weighted by Crippen LogP contribution is -2.13. The molecule has 0 aliphatic rings. The van der Waals surface area contributed by atoms with E-state index in [0.29, 0.717) is 6.61 Å². The predicted molar refractivity (Wildman–Crippen MR) is 44.2 cm³/mol. The first-order valence-electron chi connectivity index (χ1n) is 3.69. The van der Waals surface area contributed by atoms with Crippen LogP contribution in [0.3, 0.4) is 0 Å². The zero-order valence-electron chi connectivity index (χ0n) is 6.93. The third-order valence-electron chi connectivity index (χ3n) is 1.24. The normalized spacial score (nSPS) is 9.18. The Bertz CT molecular complexity index is 127. The highest BCUT2D eigenvalue weighted by molar-refractivity contribution is 5.64. The number of hydrogen-bond acceptors (Lipinski definition) is 2. The van der Waals surface area contributed by atoms with E-state index in [-0.39, 0.29) is 0 Å². The molecule has 0 atom stereocenters. The summed E-state index contributed by atoms with van der Waals surface area (Å²) >= 11 is 0. The standard InChI is InChI=1S/C8H15NO2/c1-7(2)5-3-4-6-11-8(9)10/h1,3-6H2,2H3,(H2,9,10). The maximum absolute atomic E-state index is 10.1. The lowest BCUT2D eigenvalue weighted by Gasteiger charge is -2.00. The highest BCUT2D eigenvalue weighted by atomic mass is 16.5. The van der Waals surface area contributed by atoms with Crippen molar-refractivity contribution in [2.75, 3.05) is 6.61 Å². The molecule has 0 aromatic rings. The van der Waals surface area contributed by atoms with E-state index in [2.05, 4.69) is 11.3 Å². The number of carbonyl (C=O) groups is 1. The van der Waals surface area contributed by atoms with Crippen LogP contribution in [0.2, 0.25) is 0 Å². The second kappa shape index (κ2) is 5.77. The van der Waals surface area contributed by atoms with E-state index in [0.717, 1.165) is 24.8 Å². The van der Waals surface area contributed by atoms with Crippen LogP contribution in [0, 0.1) is 0 Å². The molecule has 0 fully saturated rings. The molecule has 0 heterocycles. The molecule has 0 aliphatic heterocycles. The van der Waals surface area contributed by atoms with E-state index in [1.165, 1.54) is 0 Å². The summed E-state index contributed by atoms with van der Waals surface area (Å²) < 4.78 is 4.53. The number of unbranched alkanes of at least 4 members (excludes halogenated alkanes) is 1. The zero-order chi connectivity index (χ0) is 8.69. The first kappa shape index (κ1) is 10.0. The van der Waals surface area contributed by atoms with Gasteiger partial charge in [0.2, 0.25) is 0 Å². The lowest BCUT2D eigenvalue weighted by atomic mass is 10.1. The zero-order valence-corrected chi connectivity index (χ0v) is 6.93. The Kier molecular flexibility index (Phi) is 5.25. The van der Waals surface area contributed by atoms with Crippen LogP contribution in [-0.4, -0.2) is 12.7 Å². The summed E-state index contributed by atoms with van der Waals surface area (Å²) in [5.74, 6) is 0. The van der Waals surface area contributed by atoms with Gasteiger partial charge in [0.15, 0.2) is 0 Å². The van der Waals surface area contributed by atoms with Crippen LogP contribution < -0.4 is 5.73 Å². The van der Waals surface area contributed by atoms with Gasteiger partial charge in [0.25, 0.3) is 0 Å². The van der Waals surface area contributed by atoms with Crippen molar-refractivity contribution >= 4 is 6.09 Å². The highest BCUT2D eigenvalue weighted by Crippen LogP contribution is 2.03. The fourth-order valence-corrected chi connectivity index (χ4v) is 0.702. The molecule has 2 N–H and O–H groups in total. The molecule has 0 spiro atoms. The highest BCUT2D eigenvalue weighted by Gasteiger charge is 1.93. The van der Waals surface area contributed by atoms with Crippen molar-refractivity contribution in [1.29, 1.82) is 0 Å². The minimum Gasteiger partial charge on any atom is -0.450 e. The van der Waals surface area contributed by atoms with Gasteiger partial charge in [0.05, 0.1) is 6.61 Å². The summed E-state index contributed by atoms with van der Waals surface area (Å²) in [6.45, 7) is 6.16. The van der Waals surface area contributed by atoms with Crippen molar-refractivity contribution in [2.45, 2.75) is 26.2 Å². The van der Waals surface area contributed by atoms with E-state index in [1.807, 2.05) is 6.92 Å². The van der Waals surface area contributed by atoms with Crippen molar-refractivity contribution in [2.24, 2.45) is 5.73 Å². The third-order valence-corrected chi connectivity index (χ3v) is 1.24. The Balaban J connectivity index is 3.03. The average Bonchev–Trinajstić information content (AvgIpc) is 1.85. The number of hydrogen-bond donors (Lipinski definition) is 1. The van der Waals surface area contributed by atoms with E-state index in [4.69, 9.17) is 5.73 Å². The Morgan fingerprint density at radius 2 is 2.18 bits per heavy atom. The molecule has 1 amide bonds. The van der Waals surface area contributed by atoms with Crippen LogP contribution in [0.1, 0.15) is 26.2 Å². The molecule has 0 unspecified atom stereocenters. The van der Waals surface area contributed by atoms with Crippen molar-refractivity contribution in [3.63, 3.8) is 0 Å². The smallest absolute Gasteiger partial charge is 0.404 e. The van der Waals surface area contributed by atoms with Gasteiger partial charge in [-0.15, -0.1) is 6.58 Å². The van der Waals surface area contributed by atoms with Crippen LogP contribution >= 0.6 is 0 Å². The minimum atomic E-state index is -0.694. The minimum absolute atomic E-state index is 0.419. The summed E-state index contributed by atoms with van der Waals surface area (Å²) in [4.78, 5) is 10.1. The van der Waals surface area contributed by atoms with Crippen molar-refractivity contribution in [3.8, 4) is 0 Å². The first-order chi connectivity index (χ1) is 5.13. The van der Waals surface area contributed by atoms with E-state index in [9.17, 15) is 4.79 Å². The van der Waals surface area contributed by atoms with E-state index in [1.54, 1.807) is 0 Å². The molecule has 0 saturated carbocycles. The number of allylic oxidation sites excluding steroid dienone is 1. The maximum atomic E-state index is 10.1. The lowest BCUT2D eigenvalue weighted by molar-refractivity contribution is 0.154. The SMILES string of the molecule is C=C(C)CCCCOC(N)=O. The Labute approximate surface area is 67.2 Å². The molecule has 64 valence electrons. The van der Waals surface area contributed by atoms with Gasteiger partial charge in [0, 0.05) is 0 Å². The number of ether oxygens (including phenoxy) is 1. The fourth-order valence-electron chi connectivity index (χ4n) is 0.702. The van der Waals surface area contributed by atoms with Crippen molar-refractivity contribution in [3.05, 3.63) is 12.2 Å². The molecule has 3 heteroatoms. The van der Waals surface area contributed by atoms with Gasteiger partial charge in [0.1, 0.15) is 0 Å². The first-order valence-corrected chi connectivity index (χ1v) is 3.69. The monoisotopic (exact) mass is 157 g/mol. The van der Waals surface area contributed by atoms with Gasteiger partial charge in [-0.05, 0) is 26.2 Å². The van der Waals surface area contributed by atoms with Crippen LogP contribution in [0.15, 0.2) is 12.2 Å². The molecule has 0 bridgehead atoms. The summed E-state index contributed by atoms with van der Waals surface area (Å²) in [7, 11) is 0. The van der Waals surface area contributed by atoms with Gasteiger partial charge in [-0.1, -0.05) is 5.57 Å². The molecule has 0 aromatic carbocycles. The topological polar surface area (TPSA) is 52.3 Å². The molecular formula is C8H15NO2. The number of amides is 1. The molecular weight excluding hydrogens is 142 g/mol. The van der Waals surface area contributed by atoms with Gasteiger partial charge >= 0.3 is 6.09 Å². The van der Waals surface area contributed by atoms with Crippen LogP contribution in [0.5, 0.6) is 0 Å². The molecule has 0 aromatic heterocycles. The summed E-state index contributed by atoms with van der Waals surface area (Å²) in [6.07, 6.45) is 2.15. The summed E-state index contributed by atoms with van der Waals surface area (Å²) in [5.41, 5.74) is 5.91. The van der Waals surface area contributed by atoms with Gasteiger partial charge < -0.3 is 10.5 Å². The summed E-state index contributed by atoms with van der Waals surface area (Å²) in [6, 6.07) is 0. The van der Waals surface area contributed by atoms with E-state index < -0.39 is 6.09 Å². The molecule has 0 saturated heterocycles. The fraction of sp³-hybridized carbons (Fsp3) is 0.625. The van der Waals surface area contributed by atoms with Gasteiger partial charge in [-0.25, -0.2) is 4.79 Å². The Hall–Kier alpha value is -0.990. The molecule has 3 nitrogen and oxygen atoms in total. The van der Waals surface area contributed by atoms with Crippen molar-refractivity contribution < 1.29 is 9.53 Å². The number of rotatable bonds is 5. The number of carbonyl (C=O) groups excluding carboxylic acids is 1. The number of nitrogens with two attached hydrogens (primary N) is 1. The average molecular weight is 157 g/mol. The van der Waals surface area contributed by atoms with Crippen LogP contribution in [-0.2, 0) is 4.74 Å². The quantitative estimate of drug-likeness (QED) is 0.489. The molecule has 0 rings (SSSR count). The molecule has 0 radical (unpaired) electrons. The second-order valence-corrected chi connectivity index (χ2v) is 2.58. The van der Waals surface area contributed by atoms with Crippen LogP contribution in [0.25, 0.3) is 0 Å². The molecule has 0 aliphatic carbocycles. The predicted octanol–water partition coefficient (Wildman–Crippen LogP) is 1.83. The largest absolute Gasteiger partial charge is 0.450 e. The maximum Gasteiger partial charge on any atom is 0.404 e. The van der Waals surface area contributed by atoms with Crippen LogP contribution in [0.4, 0.5) is 4.79 Å². The van der Waals surface area contributed by atoms with E-state index >= 15 is 0 Å². The molecule has 11 heavy (non-hydrogen) atoms. The number of primary amides is 1. The Morgan fingerprint density at radius 1 is 1.55 bits per heavy atom. The third kappa shape index (κ3) is 9.01. The van der Waals surface area contributed by atoms with Gasteiger partial charge in [-0.2, -0.15) is 0 Å². The summed E-state index contributed by atoms with van der Waals surface area (Å²) in [5, 5.41) is 0.